The van der Waals surface area contributed by atoms with Crippen LogP contribution >= 0.6 is 0 Å². The predicted octanol–water partition coefficient (Wildman–Crippen LogP) is 3.09. The van der Waals surface area contributed by atoms with E-state index in [1.807, 2.05) is 17.8 Å². The first-order valence-corrected chi connectivity index (χ1v) is 7.07. The van der Waals surface area contributed by atoms with Crippen LogP contribution in [0.5, 0.6) is 0 Å². The number of hydrogen-bond acceptors (Lipinski definition) is 5. The molecule has 2 heterocycles. The number of rotatable bonds is 7. The molecule has 0 aliphatic carbocycles. The summed E-state index contributed by atoms with van der Waals surface area (Å²) in [6.07, 6.45) is 5.45. The molecule has 0 atom stereocenters. The van der Waals surface area contributed by atoms with Crippen molar-refractivity contribution in [1.29, 1.82) is 0 Å². The van der Waals surface area contributed by atoms with Crippen molar-refractivity contribution < 1.29 is 4.92 Å². The third-order valence-corrected chi connectivity index (χ3v) is 2.96. The number of anilines is 1. The summed E-state index contributed by atoms with van der Waals surface area (Å²) in [6, 6.07) is 2.93. The average molecular weight is 289 g/mol. The molecule has 7 heteroatoms. The molecule has 2 rings (SSSR count). The Labute approximate surface area is 123 Å². The maximum atomic E-state index is 11.0. The summed E-state index contributed by atoms with van der Waals surface area (Å²) in [5.74, 6) is 0.518. The van der Waals surface area contributed by atoms with Crippen molar-refractivity contribution in [3.63, 3.8) is 0 Å². The van der Waals surface area contributed by atoms with E-state index in [1.165, 1.54) is 12.1 Å². The van der Waals surface area contributed by atoms with Crippen LogP contribution in [0.25, 0.3) is 11.3 Å². The summed E-state index contributed by atoms with van der Waals surface area (Å²) in [7, 11) is 0. The zero-order chi connectivity index (χ0) is 15.2. The van der Waals surface area contributed by atoms with Crippen LogP contribution in [0.3, 0.4) is 0 Å². The molecule has 0 unspecified atom stereocenters. The van der Waals surface area contributed by atoms with Crippen molar-refractivity contribution in [2.75, 3.05) is 11.9 Å². The molecule has 0 amide bonds. The highest BCUT2D eigenvalue weighted by atomic mass is 16.6. The van der Waals surface area contributed by atoms with Gasteiger partial charge in [-0.1, -0.05) is 13.8 Å². The number of pyridine rings is 1. The van der Waals surface area contributed by atoms with Crippen molar-refractivity contribution in [2.45, 2.75) is 33.2 Å². The molecule has 2 aromatic heterocycles. The third-order valence-electron chi connectivity index (χ3n) is 2.96. The van der Waals surface area contributed by atoms with Crippen molar-refractivity contribution in [3.8, 4) is 11.3 Å². The second-order valence-electron chi connectivity index (χ2n) is 4.77. The fourth-order valence-corrected chi connectivity index (χ4v) is 1.96. The van der Waals surface area contributed by atoms with Crippen LogP contribution in [-0.4, -0.2) is 26.2 Å². The zero-order valence-electron chi connectivity index (χ0n) is 12.2. The van der Waals surface area contributed by atoms with Gasteiger partial charge in [0.25, 0.3) is 5.69 Å². The highest BCUT2D eigenvalue weighted by Gasteiger charge is 2.13. The third kappa shape index (κ3) is 3.77. The molecule has 0 saturated carbocycles. The van der Waals surface area contributed by atoms with Gasteiger partial charge in [-0.3, -0.25) is 14.8 Å². The Hall–Kier alpha value is -2.44. The minimum absolute atomic E-state index is 0.0295. The molecule has 0 radical (unpaired) electrons. The molecule has 0 spiro atoms. The second-order valence-corrected chi connectivity index (χ2v) is 4.77. The molecular weight excluding hydrogens is 270 g/mol. The van der Waals surface area contributed by atoms with Gasteiger partial charge in [-0.15, -0.1) is 0 Å². The Bertz CT molecular complexity index is 624. The van der Waals surface area contributed by atoms with Crippen LogP contribution in [0.15, 0.2) is 24.5 Å². The number of aromatic nitrogens is 3. The van der Waals surface area contributed by atoms with Crippen LogP contribution in [0, 0.1) is 10.1 Å². The smallest absolute Gasteiger partial charge is 0.275 e. The Kier molecular flexibility index (Phi) is 4.86. The van der Waals surface area contributed by atoms with Crippen LogP contribution in [0.4, 0.5) is 11.5 Å². The summed E-state index contributed by atoms with van der Waals surface area (Å²) >= 11 is 0. The van der Waals surface area contributed by atoms with Gasteiger partial charge in [0, 0.05) is 30.9 Å². The number of nitrogens with zero attached hydrogens (tertiary/aromatic N) is 4. The van der Waals surface area contributed by atoms with Gasteiger partial charge in [0.2, 0.25) is 0 Å². The molecule has 0 bridgehead atoms. The summed E-state index contributed by atoms with van der Waals surface area (Å²) in [6.45, 7) is 5.64. The van der Waals surface area contributed by atoms with Crippen molar-refractivity contribution >= 4 is 11.5 Å². The van der Waals surface area contributed by atoms with Crippen molar-refractivity contribution in [1.82, 2.24) is 14.8 Å². The van der Waals surface area contributed by atoms with Gasteiger partial charge in [0.15, 0.2) is 0 Å². The fourth-order valence-electron chi connectivity index (χ4n) is 1.96. The Morgan fingerprint density at radius 2 is 2.14 bits per heavy atom. The van der Waals surface area contributed by atoms with E-state index in [4.69, 9.17) is 0 Å². The molecule has 1 N–H and O–H groups in total. The van der Waals surface area contributed by atoms with Gasteiger partial charge < -0.3 is 5.32 Å². The molecule has 2 aromatic rings. The summed E-state index contributed by atoms with van der Waals surface area (Å²) in [5, 5.41) is 18.4. The highest BCUT2D eigenvalue weighted by molar-refractivity contribution is 5.64. The molecule has 7 nitrogen and oxygen atoms in total. The van der Waals surface area contributed by atoms with Gasteiger partial charge in [-0.2, -0.15) is 5.10 Å². The molecule has 0 aliphatic heterocycles. The number of aryl methyl sites for hydroxylation is 1. The van der Waals surface area contributed by atoms with E-state index in [2.05, 4.69) is 22.3 Å². The highest BCUT2D eigenvalue weighted by Crippen LogP contribution is 2.25. The Morgan fingerprint density at radius 1 is 1.33 bits per heavy atom. The maximum absolute atomic E-state index is 11.0. The maximum Gasteiger partial charge on any atom is 0.275 e. The van der Waals surface area contributed by atoms with E-state index in [9.17, 15) is 10.1 Å². The molecule has 0 fully saturated rings. The Morgan fingerprint density at radius 3 is 2.81 bits per heavy atom. The average Bonchev–Trinajstić information content (AvgIpc) is 2.94. The zero-order valence-corrected chi connectivity index (χ0v) is 12.2. The van der Waals surface area contributed by atoms with Crippen LogP contribution in [0.2, 0.25) is 0 Å². The topological polar surface area (TPSA) is 85.9 Å². The normalized spacial score (nSPS) is 10.6. The summed E-state index contributed by atoms with van der Waals surface area (Å²) < 4.78 is 1.81. The minimum atomic E-state index is -0.404. The lowest BCUT2D eigenvalue weighted by Crippen LogP contribution is -2.03. The van der Waals surface area contributed by atoms with E-state index < -0.39 is 4.92 Å². The Balaban J connectivity index is 2.35. The van der Waals surface area contributed by atoms with E-state index in [-0.39, 0.29) is 5.69 Å². The molecule has 0 aromatic carbocycles. The SMILES string of the molecule is CCCNc1cc([N+](=O)[O-])cc(-c2cnn(CCC)c2)n1. The van der Waals surface area contributed by atoms with Crippen molar-refractivity contribution in [2.24, 2.45) is 0 Å². The quantitative estimate of drug-likeness (QED) is 0.625. The van der Waals surface area contributed by atoms with E-state index >= 15 is 0 Å². The van der Waals surface area contributed by atoms with Crippen molar-refractivity contribution in [3.05, 3.63) is 34.6 Å². The molecule has 0 saturated heterocycles. The van der Waals surface area contributed by atoms with E-state index in [1.54, 1.807) is 6.20 Å². The first kappa shape index (κ1) is 15.0. The minimum Gasteiger partial charge on any atom is -0.370 e. The molecular formula is C14H19N5O2. The number of nitro groups is 1. The lowest BCUT2D eigenvalue weighted by molar-refractivity contribution is -0.384. The standard InChI is InChI=1S/C14H19N5O2/c1-3-5-15-14-8-12(19(20)21)7-13(17-14)11-9-16-18(10-11)6-4-2/h7-10H,3-6H2,1-2H3,(H,15,17). The predicted molar refractivity (Wildman–Crippen MR) is 81.2 cm³/mol. The lowest BCUT2D eigenvalue weighted by Gasteiger charge is -2.06. The first-order valence-electron chi connectivity index (χ1n) is 7.07. The molecule has 21 heavy (non-hydrogen) atoms. The number of nitrogens with one attached hydrogen (secondary N) is 1. The monoisotopic (exact) mass is 289 g/mol. The summed E-state index contributed by atoms with van der Waals surface area (Å²) in [4.78, 5) is 15.1. The van der Waals surface area contributed by atoms with Crippen LogP contribution in [0.1, 0.15) is 26.7 Å². The lowest BCUT2D eigenvalue weighted by atomic mass is 10.2. The second kappa shape index (κ2) is 6.83. The van der Waals surface area contributed by atoms with Gasteiger partial charge in [-0.25, -0.2) is 4.98 Å². The van der Waals surface area contributed by atoms with Gasteiger partial charge in [-0.05, 0) is 12.8 Å². The van der Waals surface area contributed by atoms with E-state index in [0.29, 0.717) is 11.5 Å². The number of hydrogen-bond donors (Lipinski definition) is 1. The van der Waals surface area contributed by atoms with Gasteiger partial charge in [0.1, 0.15) is 5.82 Å². The summed E-state index contributed by atoms with van der Waals surface area (Å²) in [5.41, 5.74) is 1.37. The van der Waals surface area contributed by atoms with Crippen LogP contribution < -0.4 is 5.32 Å². The first-order chi connectivity index (χ1) is 10.1. The largest absolute Gasteiger partial charge is 0.370 e. The fraction of sp³-hybridized carbons (Fsp3) is 0.429. The molecule has 0 aliphatic rings. The van der Waals surface area contributed by atoms with Gasteiger partial charge in [0.05, 0.1) is 22.9 Å². The van der Waals surface area contributed by atoms with Gasteiger partial charge >= 0.3 is 0 Å². The van der Waals surface area contributed by atoms with E-state index in [0.717, 1.165) is 31.5 Å². The molecule has 112 valence electrons. The van der Waals surface area contributed by atoms with Crippen LogP contribution in [-0.2, 0) is 6.54 Å².